The van der Waals surface area contributed by atoms with Gasteiger partial charge in [-0.1, -0.05) is 13.0 Å². The largest absolute Gasteiger partial charge is 0.495 e. The number of nitrogens with zero attached hydrogens (tertiary/aromatic N) is 1. The van der Waals surface area contributed by atoms with Crippen LogP contribution in [0.1, 0.15) is 23.7 Å². The van der Waals surface area contributed by atoms with Crippen LogP contribution in [0, 0.1) is 11.8 Å². The Labute approximate surface area is 176 Å². The number of rotatable bonds is 7. The molecule has 160 valence electrons. The molecule has 0 aromatic heterocycles. The molecule has 1 aliphatic rings. The number of nitrogens with one attached hydrogen (secondary N) is 2. The molecular weight excluding hydrogens is 406 g/mol. The van der Waals surface area contributed by atoms with Crippen molar-refractivity contribution in [2.75, 3.05) is 31.8 Å². The molecule has 8 nitrogen and oxygen atoms in total. The summed E-state index contributed by atoms with van der Waals surface area (Å²) in [5.74, 6) is 0.225. The molecule has 0 radical (unpaired) electrons. The lowest BCUT2D eigenvalue weighted by atomic mass is 10.1. The molecule has 1 fully saturated rings. The molecule has 1 aliphatic carbocycles. The van der Waals surface area contributed by atoms with E-state index in [0.717, 1.165) is 10.7 Å². The average Bonchev–Trinajstić information content (AvgIpc) is 3.44. The van der Waals surface area contributed by atoms with Crippen LogP contribution in [0.3, 0.4) is 0 Å². The zero-order valence-corrected chi connectivity index (χ0v) is 18.1. The van der Waals surface area contributed by atoms with E-state index in [1.165, 1.54) is 39.4 Å². The van der Waals surface area contributed by atoms with Gasteiger partial charge >= 0.3 is 0 Å². The third kappa shape index (κ3) is 4.63. The van der Waals surface area contributed by atoms with Gasteiger partial charge in [-0.05, 0) is 48.7 Å². The lowest BCUT2D eigenvalue weighted by Crippen LogP contribution is -2.22. The van der Waals surface area contributed by atoms with Crippen LogP contribution in [-0.4, -0.2) is 45.7 Å². The van der Waals surface area contributed by atoms with Gasteiger partial charge < -0.3 is 15.4 Å². The second kappa shape index (κ2) is 8.45. The number of carbonyl (C=O) groups excluding carboxylic acids is 2. The number of carbonyl (C=O) groups is 2. The summed E-state index contributed by atoms with van der Waals surface area (Å²) in [5.41, 5.74) is 1.08. The van der Waals surface area contributed by atoms with Crippen molar-refractivity contribution in [1.29, 1.82) is 0 Å². The van der Waals surface area contributed by atoms with Crippen LogP contribution in [0.2, 0.25) is 0 Å². The van der Waals surface area contributed by atoms with Crippen molar-refractivity contribution in [2.45, 2.75) is 18.2 Å². The number of hydrogen-bond acceptors (Lipinski definition) is 5. The van der Waals surface area contributed by atoms with Gasteiger partial charge in [0.2, 0.25) is 15.9 Å². The summed E-state index contributed by atoms with van der Waals surface area (Å²) < 4.78 is 31.1. The Kier molecular flexibility index (Phi) is 6.14. The molecule has 0 saturated heterocycles. The van der Waals surface area contributed by atoms with Crippen molar-refractivity contribution in [3.63, 3.8) is 0 Å². The van der Waals surface area contributed by atoms with E-state index in [-0.39, 0.29) is 22.4 Å². The highest BCUT2D eigenvalue weighted by atomic mass is 32.2. The quantitative estimate of drug-likeness (QED) is 0.701. The summed E-state index contributed by atoms with van der Waals surface area (Å²) in [6, 6.07) is 10.8. The summed E-state index contributed by atoms with van der Waals surface area (Å²) in [6.07, 6.45) is 0.873. The fraction of sp³-hybridized carbons (Fsp3) is 0.333. The van der Waals surface area contributed by atoms with Crippen molar-refractivity contribution >= 4 is 33.2 Å². The highest BCUT2D eigenvalue weighted by molar-refractivity contribution is 7.89. The number of benzene rings is 2. The first-order valence-electron chi connectivity index (χ1n) is 9.46. The minimum absolute atomic E-state index is 0.0214. The Balaban J connectivity index is 1.81. The highest BCUT2D eigenvalue weighted by Crippen LogP contribution is 2.38. The second-order valence-electron chi connectivity index (χ2n) is 7.49. The standard InChI is InChI=1S/C21H25N3O5S/c1-13-10-17(13)21(26)22-15-7-5-6-14(11-15)20(25)23-18-12-16(8-9-19(18)29-4)30(27,28)24(2)3/h5-9,11-13,17H,10H2,1-4H3,(H,22,26)(H,23,25). The summed E-state index contributed by atoms with van der Waals surface area (Å²) in [7, 11) is 0.619. The van der Waals surface area contributed by atoms with Crippen LogP contribution < -0.4 is 15.4 Å². The smallest absolute Gasteiger partial charge is 0.255 e. The first-order valence-corrected chi connectivity index (χ1v) is 10.9. The van der Waals surface area contributed by atoms with Gasteiger partial charge in [-0.3, -0.25) is 9.59 Å². The maximum atomic E-state index is 12.8. The predicted molar refractivity (Wildman–Crippen MR) is 114 cm³/mol. The van der Waals surface area contributed by atoms with Crippen LogP contribution in [0.5, 0.6) is 5.75 Å². The van der Waals surface area contributed by atoms with Gasteiger partial charge in [0.25, 0.3) is 5.91 Å². The number of sulfonamides is 1. The average molecular weight is 432 g/mol. The number of methoxy groups -OCH3 is 1. The van der Waals surface area contributed by atoms with Gasteiger partial charge in [0.15, 0.2) is 0 Å². The van der Waals surface area contributed by atoms with Crippen molar-refractivity contribution < 1.29 is 22.7 Å². The first kappa shape index (κ1) is 21.8. The molecule has 2 unspecified atom stereocenters. The molecule has 0 heterocycles. The molecule has 1 saturated carbocycles. The summed E-state index contributed by atoms with van der Waals surface area (Å²) in [6.45, 7) is 2.02. The topological polar surface area (TPSA) is 105 Å². The lowest BCUT2D eigenvalue weighted by Gasteiger charge is -2.15. The van der Waals surface area contributed by atoms with Gasteiger partial charge in [-0.15, -0.1) is 0 Å². The van der Waals surface area contributed by atoms with E-state index in [2.05, 4.69) is 10.6 Å². The number of ether oxygens (including phenoxy) is 1. The van der Waals surface area contributed by atoms with Crippen molar-refractivity contribution in [3.05, 3.63) is 48.0 Å². The van der Waals surface area contributed by atoms with Crippen LogP contribution in [-0.2, 0) is 14.8 Å². The Hall–Kier alpha value is -2.91. The molecule has 0 aliphatic heterocycles. The van der Waals surface area contributed by atoms with E-state index in [9.17, 15) is 18.0 Å². The Morgan fingerprint density at radius 1 is 1.10 bits per heavy atom. The fourth-order valence-electron chi connectivity index (χ4n) is 3.01. The second-order valence-corrected chi connectivity index (χ2v) is 9.65. The number of amides is 2. The van der Waals surface area contributed by atoms with Gasteiger partial charge in [-0.2, -0.15) is 0 Å². The van der Waals surface area contributed by atoms with E-state index in [0.29, 0.717) is 22.9 Å². The zero-order valence-electron chi connectivity index (χ0n) is 17.3. The van der Waals surface area contributed by atoms with E-state index in [1.807, 2.05) is 6.92 Å². The molecule has 2 amide bonds. The molecule has 2 N–H and O–H groups in total. The molecule has 2 atom stereocenters. The van der Waals surface area contributed by atoms with E-state index < -0.39 is 15.9 Å². The normalized spacial score (nSPS) is 18.0. The van der Waals surface area contributed by atoms with Crippen LogP contribution in [0.4, 0.5) is 11.4 Å². The molecule has 9 heteroatoms. The monoisotopic (exact) mass is 431 g/mol. The Morgan fingerprint density at radius 2 is 1.80 bits per heavy atom. The van der Waals surface area contributed by atoms with Crippen molar-refractivity contribution in [1.82, 2.24) is 4.31 Å². The highest BCUT2D eigenvalue weighted by Gasteiger charge is 2.39. The van der Waals surface area contributed by atoms with Crippen LogP contribution in [0.25, 0.3) is 0 Å². The molecule has 0 spiro atoms. The minimum atomic E-state index is -3.67. The molecule has 2 aromatic carbocycles. The molecule has 0 bridgehead atoms. The SMILES string of the molecule is COc1ccc(S(=O)(=O)N(C)C)cc1NC(=O)c1cccc(NC(=O)C2CC2C)c1. The van der Waals surface area contributed by atoms with E-state index >= 15 is 0 Å². The lowest BCUT2D eigenvalue weighted by molar-refractivity contribution is -0.117. The van der Waals surface area contributed by atoms with Crippen LogP contribution in [0.15, 0.2) is 47.4 Å². The molecular formula is C21H25N3O5S. The Bertz CT molecular complexity index is 1080. The van der Waals surface area contributed by atoms with Gasteiger partial charge in [0, 0.05) is 31.3 Å². The maximum absolute atomic E-state index is 12.8. The molecule has 30 heavy (non-hydrogen) atoms. The van der Waals surface area contributed by atoms with Gasteiger partial charge in [0.1, 0.15) is 5.75 Å². The fourth-order valence-corrected chi connectivity index (χ4v) is 3.94. The number of anilines is 2. The summed E-state index contributed by atoms with van der Waals surface area (Å²) in [4.78, 5) is 24.9. The predicted octanol–water partition coefficient (Wildman–Crippen LogP) is 2.79. The summed E-state index contributed by atoms with van der Waals surface area (Å²) in [5, 5.41) is 5.52. The third-order valence-corrected chi connectivity index (χ3v) is 6.85. The molecule has 3 rings (SSSR count). The van der Waals surface area contributed by atoms with Crippen molar-refractivity contribution in [3.8, 4) is 5.75 Å². The van der Waals surface area contributed by atoms with Crippen LogP contribution >= 0.6 is 0 Å². The number of hydrogen-bond donors (Lipinski definition) is 2. The first-order chi connectivity index (χ1) is 14.1. The van der Waals surface area contributed by atoms with E-state index in [4.69, 9.17) is 4.74 Å². The van der Waals surface area contributed by atoms with Gasteiger partial charge in [0.05, 0.1) is 17.7 Å². The van der Waals surface area contributed by atoms with E-state index in [1.54, 1.807) is 24.3 Å². The summed E-state index contributed by atoms with van der Waals surface area (Å²) >= 11 is 0. The Morgan fingerprint density at radius 3 is 2.40 bits per heavy atom. The third-order valence-electron chi connectivity index (χ3n) is 5.04. The minimum Gasteiger partial charge on any atom is -0.495 e. The van der Waals surface area contributed by atoms with Crippen molar-refractivity contribution in [2.24, 2.45) is 11.8 Å². The van der Waals surface area contributed by atoms with Gasteiger partial charge in [-0.25, -0.2) is 12.7 Å². The molecule has 2 aromatic rings. The maximum Gasteiger partial charge on any atom is 0.255 e. The zero-order chi connectivity index (χ0) is 22.1.